The summed E-state index contributed by atoms with van der Waals surface area (Å²) in [6, 6.07) is 4.38. The third kappa shape index (κ3) is 3.96. The SMILES string of the molecule is [CH2]C(O)C(Oc1ccc(F)c(Br)c1)C(C)(C)C. The van der Waals surface area contributed by atoms with Crippen LogP contribution >= 0.6 is 15.9 Å². The maximum Gasteiger partial charge on any atom is 0.137 e. The molecule has 0 aliphatic heterocycles. The molecule has 0 heterocycles. The van der Waals surface area contributed by atoms with Crippen molar-refractivity contribution in [3.05, 3.63) is 35.4 Å². The first-order valence-corrected chi connectivity index (χ1v) is 6.14. The Morgan fingerprint density at radius 3 is 2.41 bits per heavy atom. The van der Waals surface area contributed by atoms with E-state index in [0.717, 1.165) is 0 Å². The Morgan fingerprint density at radius 1 is 1.41 bits per heavy atom. The van der Waals surface area contributed by atoms with E-state index in [4.69, 9.17) is 4.74 Å². The Balaban J connectivity index is 2.91. The zero-order valence-electron chi connectivity index (χ0n) is 10.2. The molecule has 4 heteroatoms. The van der Waals surface area contributed by atoms with Gasteiger partial charge in [-0.1, -0.05) is 20.8 Å². The second kappa shape index (κ2) is 5.36. The van der Waals surface area contributed by atoms with Gasteiger partial charge in [-0.2, -0.15) is 0 Å². The normalized spacial score (nSPS) is 15.5. The van der Waals surface area contributed by atoms with Crippen molar-refractivity contribution in [3.8, 4) is 5.75 Å². The molecule has 0 aromatic heterocycles. The first-order valence-electron chi connectivity index (χ1n) is 5.34. The van der Waals surface area contributed by atoms with Crippen LogP contribution in [-0.2, 0) is 0 Å². The molecule has 17 heavy (non-hydrogen) atoms. The molecule has 1 aromatic rings. The third-order valence-corrected chi connectivity index (χ3v) is 2.96. The van der Waals surface area contributed by atoms with E-state index < -0.39 is 12.2 Å². The van der Waals surface area contributed by atoms with E-state index in [1.807, 2.05) is 20.8 Å². The lowest BCUT2D eigenvalue weighted by atomic mass is 9.86. The minimum absolute atomic E-state index is 0.262. The number of hydrogen-bond acceptors (Lipinski definition) is 2. The largest absolute Gasteiger partial charge is 0.487 e. The quantitative estimate of drug-likeness (QED) is 0.925. The van der Waals surface area contributed by atoms with Gasteiger partial charge in [0.1, 0.15) is 17.7 Å². The Labute approximate surface area is 110 Å². The minimum Gasteiger partial charge on any atom is -0.487 e. The van der Waals surface area contributed by atoms with Gasteiger partial charge >= 0.3 is 0 Å². The second-order valence-corrected chi connectivity index (χ2v) is 5.90. The monoisotopic (exact) mass is 303 g/mol. The summed E-state index contributed by atoms with van der Waals surface area (Å²) in [6.45, 7) is 9.43. The van der Waals surface area contributed by atoms with Gasteiger partial charge < -0.3 is 9.84 Å². The van der Waals surface area contributed by atoms with Gasteiger partial charge in [0.25, 0.3) is 0 Å². The molecule has 0 fully saturated rings. The number of benzene rings is 1. The molecular weight excluding hydrogens is 287 g/mol. The smallest absolute Gasteiger partial charge is 0.137 e. The lowest BCUT2D eigenvalue weighted by molar-refractivity contribution is -0.00490. The fourth-order valence-electron chi connectivity index (χ4n) is 1.53. The summed E-state index contributed by atoms with van der Waals surface area (Å²) in [6.07, 6.45) is -1.31. The molecule has 0 aliphatic rings. The zero-order valence-corrected chi connectivity index (χ0v) is 11.8. The van der Waals surface area contributed by atoms with E-state index in [-0.39, 0.29) is 11.2 Å². The molecule has 1 N–H and O–H groups in total. The Bertz CT molecular complexity index is 385. The van der Waals surface area contributed by atoms with Gasteiger partial charge in [0.05, 0.1) is 10.6 Å². The maximum atomic E-state index is 13.1. The van der Waals surface area contributed by atoms with Gasteiger partial charge in [-0.05, 0) is 41.1 Å². The summed E-state index contributed by atoms with van der Waals surface area (Å²) in [5.41, 5.74) is -0.262. The molecule has 0 saturated carbocycles. The molecule has 0 saturated heterocycles. The Kier molecular flexibility index (Phi) is 4.55. The van der Waals surface area contributed by atoms with E-state index in [2.05, 4.69) is 22.9 Å². The number of aliphatic hydroxyl groups excluding tert-OH is 1. The van der Waals surface area contributed by atoms with Gasteiger partial charge in [-0.15, -0.1) is 0 Å². The van der Waals surface area contributed by atoms with Gasteiger partial charge in [-0.3, -0.25) is 0 Å². The van der Waals surface area contributed by atoms with Crippen molar-refractivity contribution in [2.24, 2.45) is 5.41 Å². The maximum absolute atomic E-state index is 13.1. The highest BCUT2D eigenvalue weighted by Gasteiger charge is 2.31. The van der Waals surface area contributed by atoms with Gasteiger partial charge in [0.15, 0.2) is 0 Å². The van der Waals surface area contributed by atoms with Crippen LogP contribution in [0.4, 0.5) is 4.39 Å². The fraction of sp³-hybridized carbons (Fsp3) is 0.462. The highest BCUT2D eigenvalue weighted by Crippen LogP contribution is 2.29. The summed E-state index contributed by atoms with van der Waals surface area (Å²) >= 11 is 3.09. The Morgan fingerprint density at radius 2 is 2.00 bits per heavy atom. The predicted molar refractivity (Wildman–Crippen MR) is 69.3 cm³/mol. The summed E-state index contributed by atoms with van der Waals surface area (Å²) < 4.78 is 19.1. The summed E-state index contributed by atoms with van der Waals surface area (Å²) in [7, 11) is 0. The summed E-state index contributed by atoms with van der Waals surface area (Å²) in [4.78, 5) is 0. The van der Waals surface area contributed by atoms with E-state index in [9.17, 15) is 9.50 Å². The van der Waals surface area contributed by atoms with Crippen LogP contribution in [0.15, 0.2) is 22.7 Å². The lowest BCUT2D eigenvalue weighted by Crippen LogP contribution is -2.41. The highest BCUT2D eigenvalue weighted by atomic mass is 79.9. The third-order valence-electron chi connectivity index (χ3n) is 2.36. The molecule has 0 spiro atoms. The number of halogens is 2. The van der Waals surface area contributed by atoms with Crippen LogP contribution in [0, 0.1) is 18.2 Å². The molecule has 1 rings (SSSR count). The van der Waals surface area contributed by atoms with Crippen molar-refractivity contribution >= 4 is 15.9 Å². The van der Waals surface area contributed by atoms with Crippen molar-refractivity contribution in [2.75, 3.05) is 0 Å². The number of hydrogen-bond donors (Lipinski definition) is 1. The standard InChI is InChI=1S/C13H17BrFO2/c1-8(16)12(13(2,3)4)17-9-5-6-11(15)10(14)7-9/h5-8,12,16H,1H2,2-4H3. The van der Waals surface area contributed by atoms with E-state index in [1.165, 1.54) is 18.2 Å². The average molecular weight is 304 g/mol. The van der Waals surface area contributed by atoms with Crippen molar-refractivity contribution in [1.29, 1.82) is 0 Å². The second-order valence-electron chi connectivity index (χ2n) is 5.05. The number of ether oxygens (including phenoxy) is 1. The summed E-state index contributed by atoms with van der Waals surface area (Å²) in [5.74, 6) is 0.153. The van der Waals surface area contributed by atoms with Gasteiger partial charge in [0.2, 0.25) is 0 Å². The number of aliphatic hydroxyl groups is 1. The fourth-order valence-corrected chi connectivity index (χ4v) is 1.89. The predicted octanol–water partition coefficient (Wildman–Crippen LogP) is 3.58. The molecule has 0 aliphatic carbocycles. The summed E-state index contributed by atoms with van der Waals surface area (Å²) in [5, 5.41) is 9.61. The van der Waals surface area contributed by atoms with Crippen LogP contribution < -0.4 is 4.74 Å². The number of rotatable bonds is 3. The molecule has 1 aromatic carbocycles. The topological polar surface area (TPSA) is 29.5 Å². The van der Waals surface area contributed by atoms with Crippen molar-refractivity contribution < 1.29 is 14.2 Å². The van der Waals surface area contributed by atoms with Crippen molar-refractivity contribution in [3.63, 3.8) is 0 Å². The zero-order chi connectivity index (χ0) is 13.2. The first-order chi connectivity index (χ1) is 7.71. The van der Waals surface area contributed by atoms with Crippen molar-refractivity contribution in [2.45, 2.75) is 33.0 Å². The Hall–Kier alpha value is -0.610. The molecule has 2 atom stereocenters. The van der Waals surface area contributed by atoms with E-state index in [1.54, 1.807) is 0 Å². The molecule has 0 bridgehead atoms. The van der Waals surface area contributed by atoms with Crippen LogP contribution in [0.25, 0.3) is 0 Å². The van der Waals surface area contributed by atoms with E-state index in [0.29, 0.717) is 10.2 Å². The van der Waals surface area contributed by atoms with Crippen LogP contribution in [0.1, 0.15) is 20.8 Å². The molecule has 2 unspecified atom stereocenters. The van der Waals surface area contributed by atoms with E-state index >= 15 is 0 Å². The highest BCUT2D eigenvalue weighted by molar-refractivity contribution is 9.10. The van der Waals surface area contributed by atoms with Crippen LogP contribution in [-0.4, -0.2) is 17.3 Å². The van der Waals surface area contributed by atoms with Crippen LogP contribution in [0.2, 0.25) is 0 Å². The molecular formula is C13H17BrFO2. The average Bonchev–Trinajstić information content (AvgIpc) is 2.17. The first kappa shape index (κ1) is 14.5. The lowest BCUT2D eigenvalue weighted by Gasteiger charge is -2.33. The van der Waals surface area contributed by atoms with Gasteiger partial charge in [-0.25, -0.2) is 4.39 Å². The van der Waals surface area contributed by atoms with Crippen molar-refractivity contribution in [1.82, 2.24) is 0 Å². The van der Waals surface area contributed by atoms with Crippen LogP contribution in [0.3, 0.4) is 0 Å². The molecule has 0 amide bonds. The molecule has 1 radical (unpaired) electrons. The minimum atomic E-state index is -0.848. The van der Waals surface area contributed by atoms with Crippen LogP contribution in [0.5, 0.6) is 5.75 Å². The molecule has 2 nitrogen and oxygen atoms in total. The van der Waals surface area contributed by atoms with Gasteiger partial charge in [0, 0.05) is 5.41 Å². The molecule has 95 valence electrons.